The molecule has 1 saturated heterocycles. The molecule has 0 aromatic carbocycles. The number of hydrogen-bond donors (Lipinski definition) is 0. The number of pyridine rings is 1. The van der Waals surface area contributed by atoms with E-state index in [1.807, 2.05) is 66.2 Å². The molecule has 0 unspecified atom stereocenters. The van der Waals surface area contributed by atoms with Gasteiger partial charge >= 0.3 is 0 Å². The molecule has 4 aromatic heterocycles. The lowest BCUT2D eigenvalue weighted by Gasteiger charge is -2.32. The standard InChI is InChI=1S/C21H23N9/c1-28(2)21-23-11-7-18(24-21)29-12-8-15(9-13-29)20-26-25-19-6-5-17(27-30(19)20)16-4-3-10-22-14-16/h3-7,10-11,14-15H,8-9,12-13H2,1-2H3. The third-order valence-corrected chi connectivity index (χ3v) is 5.46. The Morgan fingerprint density at radius 2 is 1.87 bits per heavy atom. The molecule has 9 heteroatoms. The van der Waals surface area contributed by atoms with E-state index in [0.29, 0.717) is 5.92 Å². The Bertz CT molecular complexity index is 1150. The van der Waals surface area contributed by atoms with E-state index >= 15 is 0 Å². The van der Waals surface area contributed by atoms with Crippen LogP contribution in [0.4, 0.5) is 11.8 Å². The molecule has 30 heavy (non-hydrogen) atoms. The van der Waals surface area contributed by atoms with Crippen molar-refractivity contribution in [3.63, 3.8) is 0 Å². The summed E-state index contributed by atoms with van der Waals surface area (Å²) in [5, 5.41) is 13.6. The van der Waals surface area contributed by atoms with Crippen LogP contribution >= 0.6 is 0 Å². The maximum absolute atomic E-state index is 4.80. The van der Waals surface area contributed by atoms with Crippen LogP contribution < -0.4 is 9.80 Å². The second kappa shape index (κ2) is 7.66. The Labute approximate surface area is 174 Å². The summed E-state index contributed by atoms with van der Waals surface area (Å²) in [7, 11) is 3.91. The van der Waals surface area contributed by atoms with Gasteiger partial charge in [0.25, 0.3) is 0 Å². The van der Waals surface area contributed by atoms with Gasteiger partial charge in [-0.1, -0.05) is 0 Å². The van der Waals surface area contributed by atoms with Gasteiger partial charge in [0.15, 0.2) is 11.5 Å². The summed E-state index contributed by atoms with van der Waals surface area (Å²) in [6.45, 7) is 1.82. The largest absolute Gasteiger partial charge is 0.356 e. The maximum atomic E-state index is 4.80. The van der Waals surface area contributed by atoms with Crippen LogP contribution in [-0.2, 0) is 0 Å². The van der Waals surface area contributed by atoms with Crippen molar-refractivity contribution in [2.45, 2.75) is 18.8 Å². The lowest BCUT2D eigenvalue weighted by molar-refractivity contribution is 0.475. The first kappa shape index (κ1) is 18.4. The van der Waals surface area contributed by atoms with E-state index in [9.17, 15) is 0 Å². The van der Waals surface area contributed by atoms with E-state index in [1.54, 1.807) is 6.20 Å². The van der Waals surface area contributed by atoms with E-state index in [1.165, 1.54) is 0 Å². The molecule has 0 bridgehead atoms. The zero-order valence-electron chi connectivity index (χ0n) is 17.0. The Kier molecular flexibility index (Phi) is 4.70. The van der Waals surface area contributed by atoms with Gasteiger partial charge in [0.05, 0.1) is 5.69 Å². The van der Waals surface area contributed by atoms with Crippen LogP contribution in [0, 0.1) is 0 Å². The highest BCUT2D eigenvalue weighted by molar-refractivity contribution is 5.58. The molecule has 0 atom stereocenters. The average Bonchev–Trinajstić information content (AvgIpc) is 3.23. The zero-order valence-corrected chi connectivity index (χ0v) is 17.0. The normalized spacial score (nSPS) is 14.9. The summed E-state index contributed by atoms with van der Waals surface area (Å²) in [5.41, 5.74) is 2.62. The average molecular weight is 401 g/mol. The first-order chi connectivity index (χ1) is 14.7. The van der Waals surface area contributed by atoms with E-state index in [0.717, 1.165) is 60.4 Å². The number of nitrogens with zero attached hydrogens (tertiary/aromatic N) is 9. The fourth-order valence-electron chi connectivity index (χ4n) is 3.83. The summed E-state index contributed by atoms with van der Waals surface area (Å²) < 4.78 is 1.89. The molecule has 0 saturated carbocycles. The van der Waals surface area contributed by atoms with Gasteiger partial charge in [-0.25, -0.2) is 4.98 Å². The molecule has 1 fully saturated rings. The SMILES string of the molecule is CN(C)c1nccc(N2CCC(c3nnc4ccc(-c5cccnc5)nn34)CC2)n1. The third-order valence-electron chi connectivity index (χ3n) is 5.46. The highest BCUT2D eigenvalue weighted by Crippen LogP contribution is 2.29. The second-order valence-electron chi connectivity index (χ2n) is 7.66. The molecule has 0 radical (unpaired) electrons. The van der Waals surface area contributed by atoms with Gasteiger partial charge in [-0.05, 0) is 43.2 Å². The quantitative estimate of drug-likeness (QED) is 0.515. The molecular weight excluding hydrogens is 378 g/mol. The van der Waals surface area contributed by atoms with E-state index in [-0.39, 0.29) is 0 Å². The topological polar surface area (TPSA) is 88.2 Å². The van der Waals surface area contributed by atoms with Crippen molar-refractivity contribution in [3.05, 3.63) is 54.7 Å². The molecule has 0 aliphatic carbocycles. The smallest absolute Gasteiger partial charge is 0.226 e. The fraction of sp³-hybridized carbons (Fsp3) is 0.333. The summed E-state index contributed by atoms with van der Waals surface area (Å²) >= 11 is 0. The van der Waals surface area contributed by atoms with Crippen LogP contribution in [0.15, 0.2) is 48.9 Å². The van der Waals surface area contributed by atoms with Crippen LogP contribution in [-0.4, -0.2) is 61.9 Å². The van der Waals surface area contributed by atoms with Crippen molar-refractivity contribution < 1.29 is 0 Å². The summed E-state index contributed by atoms with van der Waals surface area (Å²) in [6.07, 6.45) is 7.35. The Balaban J connectivity index is 1.37. The molecule has 152 valence electrons. The first-order valence-electron chi connectivity index (χ1n) is 10.1. The minimum atomic E-state index is 0.308. The maximum Gasteiger partial charge on any atom is 0.226 e. The van der Waals surface area contributed by atoms with Crippen LogP contribution in [0.1, 0.15) is 24.6 Å². The Hall–Kier alpha value is -3.62. The third kappa shape index (κ3) is 3.42. The zero-order chi connectivity index (χ0) is 20.5. The lowest BCUT2D eigenvalue weighted by Crippen LogP contribution is -2.34. The first-order valence-corrected chi connectivity index (χ1v) is 10.1. The minimum absolute atomic E-state index is 0.308. The number of anilines is 2. The summed E-state index contributed by atoms with van der Waals surface area (Å²) in [6, 6.07) is 9.82. The van der Waals surface area contributed by atoms with Gasteiger partial charge in [0.2, 0.25) is 5.95 Å². The molecule has 5 rings (SSSR count). The highest BCUT2D eigenvalue weighted by Gasteiger charge is 2.26. The lowest BCUT2D eigenvalue weighted by atomic mass is 9.96. The van der Waals surface area contributed by atoms with Crippen LogP contribution in [0.2, 0.25) is 0 Å². The molecule has 1 aliphatic heterocycles. The van der Waals surface area contributed by atoms with Gasteiger partial charge in [0, 0.05) is 57.3 Å². The number of piperidine rings is 1. The van der Waals surface area contributed by atoms with Gasteiger partial charge < -0.3 is 9.80 Å². The molecule has 0 spiro atoms. The Morgan fingerprint density at radius 1 is 1.00 bits per heavy atom. The van der Waals surface area contributed by atoms with E-state index < -0.39 is 0 Å². The molecule has 0 amide bonds. The fourth-order valence-corrected chi connectivity index (χ4v) is 3.83. The number of aromatic nitrogens is 7. The number of hydrogen-bond acceptors (Lipinski definition) is 8. The number of rotatable bonds is 4. The second-order valence-corrected chi connectivity index (χ2v) is 7.66. The monoisotopic (exact) mass is 401 g/mol. The molecule has 9 nitrogen and oxygen atoms in total. The molecule has 4 aromatic rings. The van der Waals surface area contributed by atoms with E-state index in [2.05, 4.69) is 30.0 Å². The summed E-state index contributed by atoms with van der Waals surface area (Å²) in [5.74, 6) is 2.93. The number of fused-ring (bicyclic) bond motifs is 1. The predicted molar refractivity (Wildman–Crippen MR) is 115 cm³/mol. The van der Waals surface area contributed by atoms with Gasteiger partial charge in [-0.15, -0.1) is 10.2 Å². The van der Waals surface area contributed by atoms with Crippen molar-refractivity contribution in [3.8, 4) is 11.3 Å². The van der Waals surface area contributed by atoms with Crippen LogP contribution in [0.25, 0.3) is 16.9 Å². The van der Waals surface area contributed by atoms with Gasteiger partial charge in [-0.2, -0.15) is 14.6 Å². The van der Waals surface area contributed by atoms with Crippen molar-refractivity contribution in [2.75, 3.05) is 37.0 Å². The van der Waals surface area contributed by atoms with Crippen molar-refractivity contribution >= 4 is 17.4 Å². The van der Waals surface area contributed by atoms with Gasteiger partial charge in [0.1, 0.15) is 5.82 Å². The highest BCUT2D eigenvalue weighted by atomic mass is 15.4. The van der Waals surface area contributed by atoms with Crippen molar-refractivity contribution in [1.82, 2.24) is 34.8 Å². The molecule has 5 heterocycles. The molecular formula is C21H23N9. The van der Waals surface area contributed by atoms with Gasteiger partial charge in [-0.3, -0.25) is 4.98 Å². The molecule has 1 aliphatic rings. The van der Waals surface area contributed by atoms with Crippen LogP contribution in [0.3, 0.4) is 0 Å². The van der Waals surface area contributed by atoms with Crippen molar-refractivity contribution in [1.29, 1.82) is 0 Å². The minimum Gasteiger partial charge on any atom is -0.356 e. The predicted octanol–water partition coefficient (Wildman–Crippen LogP) is 2.43. The van der Waals surface area contributed by atoms with E-state index in [4.69, 9.17) is 5.10 Å². The van der Waals surface area contributed by atoms with Crippen molar-refractivity contribution in [2.24, 2.45) is 0 Å². The van der Waals surface area contributed by atoms with Crippen LogP contribution in [0.5, 0.6) is 0 Å². The molecule has 0 N–H and O–H groups in total. The Morgan fingerprint density at radius 3 is 2.63 bits per heavy atom. The summed E-state index contributed by atoms with van der Waals surface area (Å²) in [4.78, 5) is 17.4.